The number of benzene rings is 2. The molecule has 0 aliphatic rings. The monoisotopic (exact) mass is 334 g/mol. The molecule has 0 aliphatic heterocycles. The molecule has 4 aromatic rings. The average Bonchev–Trinajstić information content (AvgIpc) is 2.99. The van der Waals surface area contributed by atoms with Crippen molar-refractivity contribution < 1.29 is 8.98 Å². The van der Waals surface area contributed by atoms with Crippen LogP contribution in [0.15, 0.2) is 64.0 Å². The molecule has 0 bridgehead atoms. The number of rotatable bonds is 3. The first-order valence-electron chi connectivity index (χ1n) is 7.88. The number of nitrogens with zero attached hydrogens (tertiary/aromatic N) is 1. The highest BCUT2D eigenvalue weighted by Gasteiger charge is 2.16. The van der Waals surface area contributed by atoms with Crippen LogP contribution in [0.4, 0.5) is 0 Å². The quantitative estimate of drug-likeness (QED) is 0.518. The molecule has 118 valence electrons. The van der Waals surface area contributed by atoms with Gasteiger partial charge >= 0.3 is 0 Å². The molecule has 0 saturated heterocycles. The minimum atomic E-state index is -0.00254. The van der Waals surface area contributed by atoms with Gasteiger partial charge in [-0.2, -0.15) is 4.57 Å². The lowest BCUT2D eigenvalue weighted by Gasteiger charge is -1.97. The third-order valence-electron chi connectivity index (χ3n) is 4.07. The van der Waals surface area contributed by atoms with Crippen LogP contribution >= 0.6 is 11.3 Å². The smallest absolute Gasteiger partial charge is 0.262 e. The van der Waals surface area contributed by atoms with Gasteiger partial charge in [-0.25, -0.2) is 0 Å². The Balaban J connectivity index is 1.81. The maximum Gasteiger partial charge on any atom is 0.262 e. The average molecular weight is 334 g/mol. The van der Waals surface area contributed by atoms with E-state index in [1.165, 1.54) is 16.5 Å². The Labute approximate surface area is 143 Å². The van der Waals surface area contributed by atoms with Gasteiger partial charge in [-0.15, -0.1) is 0 Å². The van der Waals surface area contributed by atoms with Crippen molar-refractivity contribution >= 4 is 44.7 Å². The molecule has 2 aromatic carbocycles. The molecule has 0 spiro atoms. The zero-order chi connectivity index (χ0) is 16.5. The van der Waals surface area contributed by atoms with Gasteiger partial charge < -0.3 is 4.42 Å². The van der Waals surface area contributed by atoms with Gasteiger partial charge in [0.05, 0.1) is 10.9 Å². The molecule has 0 aliphatic carbocycles. The highest BCUT2D eigenvalue weighted by atomic mass is 32.1. The number of thiazole rings is 1. The first-order chi connectivity index (χ1) is 11.8. The van der Waals surface area contributed by atoms with Crippen LogP contribution in [-0.4, -0.2) is 0 Å². The topological polar surface area (TPSA) is 34.1 Å². The third-order valence-corrected chi connectivity index (χ3v) is 5.20. The van der Waals surface area contributed by atoms with E-state index in [9.17, 15) is 4.79 Å². The second-order valence-electron chi connectivity index (χ2n) is 5.50. The maximum atomic E-state index is 12.6. The van der Waals surface area contributed by atoms with Crippen LogP contribution in [0.2, 0.25) is 0 Å². The van der Waals surface area contributed by atoms with E-state index in [0.717, 1.165) is 11.6 Å². The summed E-state index contributed by atoms with van der Waals surface area (Å²) in [7, 11) is 0. The van der Waals surface area contributed by atoms with Crippen molar-refractivity contribution in [2.45, 2.75) is 13.5 Å². The summed E-state index contributed by atoms with van der Waals surface area (Å²) in [6.07, 6.45) is 5.37. The highest BCUT2D eigenvalue weighted by molar-refractivity contribution is 7.18. The number of hydrogen-bond acceptors (Lipinski definition) is 3. The van der Waals surface area contributed by atoms with Gasteiger partial charge in [0.1, 0.15) is 23.1 Å². The largest absolute Gasteiger partial charge is 0.463 e. The van der Waals surface area contributed by atoms with Crippen LogP contribution < -0.4 is 10.00 Å². The van der Waals surface area contributed by atoms with Crippen molar-refractivity contribution in [3.8, 4) is 0 Å². The number of aromatic nitrogens is 1. The molecule has 0 N–H and O–H groups in total. The van der Waals surface area contributed by atoms with Crippen molar-refractivity contribution in [3.05, 3.63) is 75.6 Å². The Morgan fingerprint density at radius 3 is 2.75 bits per heavy atom. The predicted octanol–water partition coefficient (Wildman–Crippen LogP) is 4.49. The molecule has 4 rings (SSSR count). The standard InChI is InChI=1S/C20H16NO2S/c1-2-21-16-8-4-6-10-18(16)24-19(21)12-11-14-13-23-17-9-5-3-7-15(17)20(14)22/h3-13H,2H2,1H3/q+1. The Kier molecular flexibility index (Phi) is 3.75. The highest BCUT2D eigenvalue weighted by Crippen LogP contribution is 2.22. The van der Waals surface area contributed by atoms with Gasteiger partial charge in [0.15, 0.2) is 5.43 Å². The molecule has 0 radical (unpaired) electrons. The normalized spacial score (nSPS) is 11.7. The summed E-state index contributed by atoms with van der Waals surface area (Å²) in [6.45, 7) is 3.01. The van der Waals surface area contributed by atoms with Crippen LogP contribution in [-0.2, 0) is 6.54 Å². The van der Waals surface area contributed by atoms with E-state index in [1.807, 2.05) is 36.4 Å². The summed E-state index contributed by atoms with van der Waals surface area (Å²) in [5.41, 5.74) is 2.39. The van der Waals surface area contributed by atoms with E-state index >= 15 is 0 Å². The van der Waals surface area contributed by atoms with Crippen molar-refractivity contribution in [1.82, 2.24) is 0 Å². The van der Waals surface area contributed by atoms with E-state index < -0.39 is 0 Å². The Hall–Kier alpha value is -2.72. The molecular formula is C20H16NO2S+. The molecule has 0 unspecified atom stereocenters. The molecular weight excluding hydrogens is 318 g/mol. The fraction of sp³-hybridized carbons (Fsp3) is 0.100. The Morgan fingerprint density at radius 2 is 1.88 bits per heavy atom. The maximum absolute atomic E-state index is 12.6. The molecule has 0 fully saturated rings. The Bertz CT molecular complexity index is 1120. The van der Waals surface area contributed by atoms with Gasteiger partial charge in [0.25, 0.3) is 5.01 Å². The third kappa shape index (κ3) is 2.45. The van der Waals surface area contributed by atoms with Gasteiger partial charge in [0, 0.05) is 12.1 Å². The summed E-state index contributed by atoms with van der Waals surface area (Å²) in [5, 5.41) is 1.73. The zero-order valence-electron chi connectivity index (χ0n) is 13.2. The molecule has 0 saturated carbocycles. The minimum Gasteiger partial charge on any atom is -0.463 e. The molecule has 4 heteroatoms. The summed E-state index contributed by atoms with van der Waals surface area (Å²) < 4.78 is 9.06. The van der Waals surface area contributed by atoms with Gasteiger partial charge in [-0.05, 0) is 31.2 Å². The number of para-hydroxylation sites is 2. The first kappa shape index (κ1) is 14.8. The molecule has 2 heterocycles. The SMILES string of the molecule is CC[n+]1c(C=Cc2coc3ccccc3c2=O)sc2ccccc21. The van der Waals surface area contributed by atoms with E-state index in [2.05, 4.69) is 23.6 Å². The summed E-state index contributed by atoms with van der Waals surface area (Å²) >= 11 is 1.72. The van der Waals surface area contributed by atoms with Crippen LogP contribution in [0, 0.1) is 0 Å². The second-order valence-corrected chi connectivity index (χ2v) is 6.56. The van der Waals surface area contributed by atoms with Crippen molar-refractivity contribution in [2.75, 3.05) is 0 Å². The zero-order valence-corrected chi connectivity index (χ0v) is 14.0. The molecule has 3 nitrogen and oxygen atoms in total. The fourth-order valence-corrected chi connectivity index (χ4v) is 4.00. The first-order valence-corrected chi connectivity index (χ1v) is 8.69. The van der Waals surface area contributed by atoms with Gasteiger partial charge in [-0.3, -0.25) is 4.79 Å². The van der Waals surface area contributed by atoms with Gasteiger partial charge in [-0.1, -0.05) is 35.6 Å². The molecule has 2 aromatic heterocycles. The molecule has 0 amide bonds. The van der Waals surface area contributed by atoms with Crippen LogP contribution in [0.25, 0.3) is 33.3 Å². The van der Waals surface area contributed by atoms with E-state index in [1.54, 1.807) is 23.5 Å². The van der Waals surface area contributed by atoms with Crippen molar-refractivity contribution in [3.63, 3.8) is 0 Å². The van der Waals surface area contributed by atoms with Crippen molar-refractivity contribution in [2.24, 2.45) is 0 Å². The lowest BCUT2D eigenvalue weighted by atomic mass is 10.1. The van der Waals surface area contributed by atoms with Crippen LogP contribution in [0.3, 0.4) is 0 Å². The van der Waals surface area contributed by atoms with E-state index in [-0.39, 0.29) is 5.43 Å². The summed E-state index contributed by atoms with van der Waals surface area (Å²) in [5.74, 6) is 0. The van der Waals surface area contributed by atoms with Crippen LogP contribution in [0.1, 0.15) is 17.5 Å². The predicted molar refractivity (Wildman–Crippen MR) is 99.1 cm³/mol. The lowest BCUT2D eigenvalue weighted by Crippen LogP contribution is -2.33. The van der Waals surface area contributed by atoms with Gasteiger partial charge in [0.2, 0.25) is 5.52 Å². The molecule has 0 atom stereocenters. The summed E-state index contributed by atoms with van der Waals surface area (Å²) in [4.78, 5) is 12.6. The summed E-state index contributed by atoms with van der Waals surface area (Å²) in [6, 6.07) is 15.7. The van der Waals surface area contributed by atoms with Crippen molar-refractivity contribution in [1.29, 1.82) is 0 Å². The van der Waals surface area contributed by atoms with E-state index in [4.69, 9.17) is 4.42 Å². The minimum absolute atomic E-state index is 0.00254. The Morgan fingerprint density at radius 1 is 1.08 bits per heavy atom. The lowest BCUT2D eigenvalue weighted by molar-refractivity contribution is -0.665. The fourth-order valence-electron chi connectivity index (χ4n) is 2.87. The van der Waals surface area contributed by atoms with Crippen LogP contribution in [0.5, 0.6) is 0 Å². The number of fused-ring (bicyclic) bond motifs is 2. The van der Waals surface area contributed by atoms with E-state index in [0.29, 0.717) is 16.5 Å². The second kappa shape index (κ2) is 6.06. The number of aryl methyl sites for hydroxylation is 1. The number of hydrogen-bond donors (Lipinski definition) is 0. The molecule has 24 heavy (non-hydrogen) atoms.